The fraction of sp³-hybridized carbons (Fsp3) is 0.312. The predicted octanol–water partition coefficient (Wildman–Crippen LogP) is 1.12. The molecule has 3 rings (SSSR count). The van der Waals surface area contributed by atoms with E-state index in [0.717, 1.165) is 11.0 Å². The van der Waals surface area contributed by atoms with Gasteiger partial charge in [-0.25, -0.2) is 9.67 Å². The quantitative estimate of drug-likeness (QED) is 0.505. The number of nitrogens with zero attached hydrogens (tertiary/aromatic N) is 4. The van der Waals surface area contributed by atoms with Crippen molar-refractivity contribution < 1.29 is 4.79 Å². The number of amides is 1. The second-order valence-corrected chi connectivity index (χ2v) is 6.87. The van der Waals surface area contributed by atoms with E-state index in [1.54, 1.807) is 18.5 Å². The van der Waals surface area contributed by atoms with Gasteiger partial charge in [-0.2, -0.15) is 0 Å². The van der Waals surface area contributed by atoms with Crippen molar-refractivity contribution in [3.05, 3.63) is 46.4 Å². The first-order valence-corrected chi connectivity index (χ1v) is 8.71. The lowest BCUT2D eigenvalue weighted by Gasteiger charge is -2.11. The molecule has 130 valence electrons. The number of benzene rings is 1. The lowest BCUT2D eigenvalue weighted by Crippen LogP contribution is -2.33. The van der Waals surface area contributed by atoms with E-state index in [0.29, 0.717) is 23.9 Å². The molecule has 25 heavy (non-hydrogen) atoms. The highest BCUT2D eigenvalue weighted by Crippen LogP contribution is 2.18. The van der Waals surface area contributed by atoms with E-state index >= 15 is 0 Å². The number of hydrogen-bond donors (Lipinski definition) is 2. The average molecular weight is 358 g/mol. The van der Waals surface area contributed by atoms with Crippen LogP contribution in [0.25, 0.3) is 11.0 Å². The van der Waals surface area contributed by atoms with Crippen molar-refractivity contribution in [3.63, 3.8) is 0 Å². The van der Waals surface area contributed by atoms with Gasteiger partial charge in [-0.3, -0.25) is 9.59 Å². The van der Waals surface area contributed by atoms with Gasteiger partial charge in [0.2, 0.25) is 5.91 Å². The van der Waals surface area contributed by atoms with Crippen LogP contribution in [0.5, 0.6) is 0 Å². The average Bonchev–Trinajstić information content (AvgIpc) is 2.97. The lowest BCUT2D eigenvalue weighted by molar-refractivity contribution is -0.120. The van der Waals surface area contributed by atoms with Crippen LogP contribution in [-0.2, 0) is 11.3 Å². The summed E-state index contributed by atoms with van der Waals surface area (Å²) in [5.41, 5.74) is 2.16. The lowest BCUT2D eigenvalue weighted by atomic mass is 10.3. The predicted molar refractivity (Wildman–Crippen MR) is 95.5 cm³/mol. The van der Waals surface area contributed by atoms with Gasteiger partial charge < -0.3 is 10.3 Å². The van der Waals surface area contributed by atoms with E-state index in [9.17, 15) is 9.59 Å². The molecule has 0 bridgehead atoms. The van der Waals surface area contributed by atoms with E-state index in [1.807, 2.05) is 24.3 Å². The summed E-state index contributed by atoms with van der Waals surface area (Å²) in [5, 5.41) is 11.1. The van der Waals surface area contributed by atoms with Crippen molar-refractivity contribution in [3.8, 4) is 0 Å². The molecule has 0 aliphatic rings. The third kappa shape index (κ3) is 4.24. The number of aryl methyl sites for hydroxylation is 1. The molecule has 1 amide bonds. The molecule has 0 saturated heterocycles. The van der Waals surface area contributed by atoms with Crippen LogP contribution in [0.3, 0.4) is 0 Å². The van der Waals surface area contributed by atoms with Gasteiger partial charge in [0.25, 0.3) is 5.56 Å². The Morgan fingerprint density at radius 3 is 3.00 bits per heavy atom. The molecule has 1 aromatic carbocycles. The molecular weight excluding hydrogens is 340 g/mol. The largest absolute Gasteiger partial charge is 0.353 e. The highest BCUT2D eigenvalue weighted by Gasteiger charge is 2.15. The molecule has 0 aliphatic heterocycles. The fourth-order valence-electron chi connectivity index (χ4n) is 2.34. The molecule has 0 unspecified atom stereocenters. The minimum absolute atomic E-state index is 0.126. The number of thioether (sulfide) groups is 1. The van der Waals surface area contributed by atoms with Crippen molar-refractivity contribution in [2.45, 2.75) is 30.8 Å². The van der Waals surface area contributed by atoms with Gasteiger partial charge in [-0.05, 0) is 26.0 Å². The number of carbonyl (C=O) groups excluding carboxylic acids is 1. The number of aromatic nitrogens is 5. The summed E-state index contributed by atoms with van der Waals surface area (Å²) in [7, 11) is 0. The number of rotatable bonds is 6. The Labute approximate surface area is 148 Å². The molecule has 2 N–H and O–H groups in total. The van der Waals surface area contributed by atoms with Crippen LogP contribution >= 0.6 is 11.8 Å². The maximum absolute atomic E-state index is 12.2. The van der Waals surface area contributed by atoms with Crippen molar-refractivity contribution in [2.24, 2.45) is 0 Å². The highest BCUT2D eigenvalue weighted by molar-refractivity contribution is 8.00. The number of nitrogens with one attached hydrogen (secondary N) is 2. The van der Waals surface area contributed by atoms with Crippen LogP contribution in [0.15, 0.2) is 40.3 Å². The Kier molecular flexibility index (Phi) is 5.13. The van der Waals surface area contributed by atoms with Gasteiger partial charge in [0.15, 0.2) is 5.16 Å². The second kappa shape index (κ2) is 7.47. The molecule has 0 aliphatic carbocycles. The summed E-state index contributed by atoms with van der Waals surface area (Å²) in [4.78, 5) is 30.5. The van der Waals surface area contributed by atoms with Crippen LogP contribution < -0.4 is 10.9 Å². The maximum atomic E-state index is 12.2. The number of fused-ring (bicyclic) bond motifs is 1. The first-order valence-electron chi connectivity index (χ1n) is 7.83. The highest BCUT2D eigenvalue weighted by atomic mass is 32.2. The second-order valence-electron chi connectivity index (χ2n) is 5.54. The molecule has 9 heteroatoms. The van der Waals surface area contributed by atoms with Gasteiger partial charge >= 0.3 is 0 Å². The van der Waals surface area contributed by atoms with E-state index in [4.69, 9.17) is 0 Å². The van der Waals surface area contributed by atoms with Crippen LogP contribution in [0, 0.1) is 6.92 Å². The number of carbonyl (C=O) groups is 1. The van der Waals surface area contributed by atoms with E-state index in [-0.39, 0.29) is 16.7 Å². The standard InChI is InChI=1S/C16H18N6O2S/c1-10-9-14(23)19-16(18-10)25-11(2)15(24)17-7-8-22-13-6-4-3-5-12(13)20-21-22/h3-6,9,11H,7-8H2,1-2H3,(H,17,24)(H,18,19,23)/t11-/m1/s1. The molecule has 0 radical (unpaired) electrons. The maximum Gasteiger partial charge on any atom is 0.251 e. The molecule has 2 aromatic heterocycles. The first kappa shape index (κ1) is 17.2. The summed E-state index contributed by atoms with van der Waals surface area (Å²) < 4.78 is 1.76. The number of aromatic amines is 1. The summed E-state index contributed by atoms with van der Waals surface area (Å²) in [5.74, 6) is -0.126. The van der Waals surface area contributed by atoms with Crippen LogP contribution in [0.4, 0.5) is 0 Å². The topological polar surface area (TPSA) is 106 Å². The Hall–Kier alpha value is -2.68. The number of para-hydroxylation sites is 1. The summed E-state index contributed by atoms with van der Waals surface area (Å²) in [6.07, 6.45) is 0. The normalized spacial score (nSPS) is 12.2. The van der Waals surface area contributed by atoms with Crippen molar-refractivity contribution in [2.75, 3.05) is 6.54 Å². The fourth-order valence-corrected chi connectivity index (χ4v) is 3.22. The molecule has 0 spiro atoms. The number of hydrogen-bond acceptors (Lipinski definition) is 6. The van der Waals surface area contributed by atoms with Gasteiger partial charge in [0.05, 0.1) is 17.3 Å². The van der Waals surface area contributed by atoms with E-state index in [2.05, 4.69) is 25.6 Å². The van der Waals surface area contributed by atoms with Gasteiger partial charge in [0, 0.05) is 18.3 Å². The molecule has 1 atom stereocenters. The van der Waals surface area contributed by atoms with Gasteiger partial charge in [-0.15, -0.1) is 5.10 Å². The Bertz CT molecular complexity index is 951. The van der Waals surface area contributed by atoms with E-state index in [1.165, 1.54) is 17.8 Å². The molecule has 8 nitrogen and oxygen atoms in total. The molecular formula is C16H18N6O2S. The molecule has 0 saturated carbocycles. The zero-order chi connectivity index (χ0) is 17.8. The minimum atomic E-state index is -0.377. The van der Waals surface area contributed by atoms with E-state index < -0.39 is 0 Å². The molecule has 2 heterocycles. The number of H-pyrrole nitrogens is 1. The SMILES string of the molecule is Cc1cc(=O)[nH]c(S[C@H](C)C(=O)NCCn2nnc3ccccc32)n1. The van der Waals surface area contributed by atoms with Crippen molar-refractivity contribution >= 4 is 28.7 Å². The van der Waals surface area contributed by atoms with Gasteiger partial charge in [0.1, 0.15) is 5.52 Å². The van der Waals surface area contributed by atoms with Crippen molar-refractivity contribution in [1.82, 2.24) is 30.3 Å². The zero-order valence-electron chi connectivity index (χ0n) is 13.9. The monoisotopic (exact) mass is 358 g/mol. The summed E-state index contributed by atoms with van der Waals surface area (Å²) >= 11 is 1.22. The summed E-state index contributed by atoms with van der Waals surface area (Å²) in [6.45, 7) is 4.48. The molecule has 0 fully saturated rings. The minimum Gasteiger partial charge on any atom is -0.353 e. The third-order valence-electron chi connectivity index (χ3n) is 3.55. The third-order valence-corrected chi connectivity index (χ3v) is 4.53. The smallest absolute Gasteiger partial charge is 0.251 e. The van der Waals surface area contributed by atoms with Crippen LogP contribution in [0.1, 0.15) is 12.6 Å². The Morgan fingerprint density at radius 2 is 2.20 bits per heavy atom. The van der Waals surface area contributed by atoms with Crippen LogP contribution in [0.2, 0.25) is 0 Å². The Balaban J connectivity index is 1.54. The van der Waals surface area contributed by atoms with Crippen molar-refractivity contribution in [1.29, 1.82) is 0 Å². The Morgan fingerprint density at radius 1 is 1.40 bits per heavy atom. The zero-order valence-corrected chi connectivity index (χ0v) is 14.7. The van der Waals surface area contributed by atoms with Crippen LogP contribution in [-0.4, -0.2) is 42.7 Å². The first-order chi connectivity index (χ1) is 12.0. The molecule has 3 aromatic rings. The summed E-state index contributed by atoms with van der Waals surface area (Å²) in [6, 6.07) is 9.08. The van der Waals surface area contributed by atoms with Gasteiger partial charge in [-0.1, -0.05) is 29.1 Å².